The van der Waals surface area contributed by atoms with Crippen molar-refractivity contribution >= 4 is 27.6 Å². The second kappa shape index (κ2) is 9.90. The van der Waals surface area contributed by atoms with Crippen LogP contribution in [0, 0.1) is 0 Å². The number of pyridine rings is 1. The zero-order valence-electron chi connectivity index (χ0n) is 20.5. The maximum absolute atomic E-state index is 13.6. The number of carboxylic acids is 1. The Labute approximate surface area is 209 Å². The number of amides is 1. The van der Waals surface area contributed by atoms with Crippen LogP contribution < -0.4 is 5.32 Å². The number of aliphatic carboxylic acids is 1. The molecule has 0 aliphatic carbocycles. The number of nitrogens with one attached hydrogen (secondary N) is 1. The Bertz CT molecular complexity index is 1390. The van der Waals surface area contributed by atoms with Gasteiger partial charge in [0.15, 0.2) is 0 Å². The fourth-order valence-corrected chi connectivity index (χ4v) is 5.97. The van der Waals surface area contributed by atoms with Crippen molar-refractivity contribution in [3.8, 4) is 11.1 Å². The van der Waals surface area contributed by atoms with Gasteiger partial charge in [-0.05, 0) is 57.4 Å². The van der Waals surface area contributed by atoms with Crippen molar-refractivity contribution in [2.45, 2.75) is 56.6 Å². The first-order valence-electron chi connectivity index (χ1n) is 11.7. The predicted molar refractivity (Wildman–Crippen MR) is 133 cm³/mol. The minimum Gasteiger partial charge on any atom is -0.481 e. The minimum atomic E-state index is -3.82. The van der Waals surface area contributed by atoms with Gasteiger partial charge in [0.1, 0.15) is 5.60 Å². The average Bonchev–Trinajstić information content (AvgIpc) is 3.19. The molecule has 1 amide bonds. The van der Waals surface area contributed by atoms with E-state index in [1.54, 1.807) is 67.9 Å². The van der Waals surface area contributed by atoms with Crippen LogP contribution in [0.1, 0.15) is 39.2 Å². The van der Waals surface area contributed by atoms with E-state index in [1.807, 2.05) is 0 Å². The molecule has 3 aromatic rings. The van der Waals surface area contributed by atoms with Crippen LogP contribution in [0.15, 0.2) is 53.7 Å². The molecule has 0 unspecified atom stereocenters. The highest BCUT2D eigenvalue weighted by Crippen LogP contribution is 2.32. The standard InChI is InChI=1S/C25H30N4O6S/c1-25(2,3)35-24(32)27-19-9-11-28(12-10-19)36(33,34)22-7-5-4-6-20(22)17-8-13-29-21(14-17)18(16-26-29)15-23(30)31/h4-8,13-14,16,19H,9-12,15H2,1-3H3,(H,27,32)(H,30,31). The summed E-state index contributed by atoms with van der Waals surface area (Å²) in [4.78, 5) is 23.5. The number of ether oxygens (including phenoxy) is 1. The highest BCUT2D eigenvalue weighted by atomic mass is 32.2. The number of nitrogens with zero attached hydrogens (tertiary/aromatic N) is 3. The number of aromatic nitrogens is 2. The lowest BCUT2D eigenvalue weighted by Crippen LogP contribution is -2.47. The molecule has 0 atom stereocenters. The number of carboxylic acid groups (broad SMARTS) is 1. The topological polar surface area (TPSA) is 130 Å². The van der Waals surface area contributed by atoms with Gasteiger partial charge >= 0.3 is 12.1 Å². The largest absolute Gasteiger partial charge is 0.481 e. The molecule has 0 saturated carbocycles. The van der Waals surface area contributed by atoms with E-state index in [9.17, 15) is 23.1 Å². The summed E-state index contributed by atoms with van der Waals surface area (Å²) >= 11 is 0. The highest BCUT2D eigenvalue weighted by Gasteiger charge is 2.32. The molecule has 1 aliphatic heterocycles. The molecule has 0 bridgehead atoms. The molecular weight excluding hydrogens is 484 g/mol. The summed E-state index contributed by atoms with van der Waals surface area (Å²) in [6.45, 7) is 5.90. The van der Waals surface area contributed by atoms with E-state index in [1.165, 1.54) is 10.5 Å². The molecule has 1 aliphatic rings. The number of carbonyl (C=O) groups is 2. The van der Waals surface area contributed by atoms with Crippen molar-refractivity contribution in [1.82, 2.24) is 19.2 Å². The number of benzene rings is 1. The molecule has 2 aromatic heterocycles. The summed E-state index contributed by atoms with van der Waals surface area (Å²) in [5.41, 5.74) is 1.72. The fraction of sp³-hybridized carbons (Fsp3) is 0.400. The van der Waals surface area contributed by atoms with Gasteiger partial charge in [0.2, 0.25) is 10.0 Å². The molecular formula is C25H30N4O6S. The Morgan fingerprint density at radius 3 is 2.53 bits per heavy atom. The third kappa shape index (κ3) is 5.68. The second-order valence-electron chi connectivity index (χ2n) is 9.81. The van der Waals surface area contributed by atoms with Crippen molar-refractivity contribution in [3.63, 3.8) is 0 Å². The van der Waals surface area contributed by atoms with E-state index in [0.29, 0.717) is 35.0 Å². The van der Waals surface area contributed by atoms with Crippen molar-refractivity contribution in [2.75, 3.05) is 13.1 Å². The molecule has 1 saturated heterocycles. The molecule has 36 heavy (non-hydrogen) atoms. The SMILES string of the molecule is CC(C)(C)OC(=O)NC1CCN(S(=O)(=O)c2ccccc2-c2ccn3ncc(CC(=O)O)c3c2)CC1. The van der Waals surface area contributed by atoms with Crippen LogP contribution in [0.25, 0.3) is 16.6 Å². The summed E-state index contributed by atoms with van der Waals surface area (Å²) in [5.74, 6) is -0.970. The van der Waals surface area contributed by atoms with Crippen LogP contribution in [0.2, 0.25) is 0 Å². The molecule has 3 heterocycles. The lowest BCUT2D eigenvalue weighted by molar-refractivity contribution is -0.136. The predicted octanol–water partition coefficient (Wildman–Crippen LogP) is 3.31. The number of rotatable bonds is 6. The van der Waals surface area contributed by atoms with Crippen LogP contribution in [0.3, 0.4) is 0 Å². The van der Waals surface area contributed by atoms with Crippen LogP contribution in [0.5, 0.6) is 0 Å². The summed E-state index contributed by atoms with van der Waals surface area (Å²) in [7, 11) is -3.82. The van der Waals surface area contributed by atoms with E-state index in [4.69, 9.17) is 4.74 Å². The van der Waals surface area contributed by atoms with Gasteiger partial charge in [-0.15, -0.1) is 0 Å². The van der Waals surface area contributed by atoms with Gasteiger partial charge in [-0.1, -0.05) is 18.2 Å². The van der Waals surface area contributed by atoms with Crippen LogP contribution >= 0.6 is 0 Å². The Kier molecular flexibility index (Phi) is 7.05. The first kappa shape index (κ1) is 25.6. The molecule has 192 valence electrons. The van der Waals surface area contributed by atoms with Crippen LogP contribution in [-0.4, -0.2) is 64.2 Å². The summed E-state index contributed by atoms with van der Waals surface area (Å²) in [5, 5.41) is 16.2. The highest BCUT2D eigenvalue weighted by molar-refractivity contribution is 7.89. The van der Waals surface area contributed by atoms with Crippen molar-refractivity contribution in [1.29, 1.82) is 0 Å². The third-order valence-electron chi connectivity index (χ3n) is 5.93. The lowest BCUT2D eigenvalue weighted by atomic mass is 10.1. The first-order chi connectivity index (χ1) is 16.9. The number of piperidine rings is 1. The summed E-state index contributed by atoms with van der Waals surface area (Å²) in [6, 6.07) is 10.1. The Hall–Kier alpha value is -3.44. The zero-order valence-corrected chi connectivity index (χ0v) is 21.3. The molecule has 10 nitrogen and oxygen atoms in total. The Morgan fingerprint density at radius 2 is 1.86 bits per heavy atom. The number of alkyl carbamates (subject to hydrolysis) is 1. The van der Waals surface area contributed by atoms with Gasteiger partial charge < -0.3 is 15.2 Å². The molecule has 1 fully saturated rings. The van der Waals surface area contributed by atoms with Gasteiger partial charge in [-0.2, -0.15) is 9.40 Å². The van der Waals surface area contributed by atoms with Crippen molar-refractivity contribution < 1.29 is 27.9 Å². The summed E-state index contributed by atoms with van der Waals surface area (Å²) < 4.78 is 35.6. The van der Waals surface area contributed by atoms with E-state index in [-0.39, 0.29) is 30.4 Å². The number of sulfonamides is 1. The molecule has 0 spiro atoms. The summed E-state index contributed by atoms with van der Waals surface area (Å²) in [6.07, 6.45) is 3.45. The average molecular weight is 515 g/mol. The fourth-order valence-electron chi connectivity index (χ4n) is 4.28. The number of hydrogen-bond donors (Lipinski definition) is 2. The number of fused-ring (bicyclic) bond motifs is 1. The molecule has 0 radical (unpaired) electrons. The van der Waals surface area contributed by atoms with Gasteiger partial charge in [0.05, 0.1) is 23.0 Å². The normalized spacial score (nSPS) is 15.6. The minimum absolute atomic E-state index is 0.168. The van der Waals surface area contributed by atoms with Gasteiger partial charge in [-0.3, -0.25) is 4.79 Å². The second-order valence-corrected chi connectivity index (χ2v) is 11.7. The number of hydrogen-bond acceptors (Lipinski definition) is 6. The molecule has 1 aromatic carbocycles. The van der Waals surface area contributed by atoms with E-state index >= 15 is 0 Å². The lowest BCUT2D eigenvalue weighted by Gasteiger charge is -2.32. The van der Waals surface area contributed by atoms with Crippen LogP contribution in [0.4, 0.5) is 4.79 Å². The molecule has 11 heteroatoms. The Balaban J connectivity index is 1.55. The number of carbonyl (C=O) groups excluding carboxylic acids is 1. The third-order valence-corrected chi connectivity index (χ3v) is 7.89. The maximum atomic E-state index is 13.6. The first-order valence-corrected chi connectivity index (χ1v) is 13.2. The van der Waals surface area contributed by atoms with Gasteiger partial charge in [0, 0.05) is 36.5 Å². The molecule has 4 rings (SSSR count). The molecule has 2 N–H and O–H groups in total. The zero-order chi connectivity index (χ0) is 26.1. The van der Waals surface area contributed by atoms with Gasteiger partial charge in [0.25, 0.3) is 0 Å². The smallest absolute Gasteiger partial charge is 0.407 e. The quantitative estimate of drug-likeness (QED) is 0.516. The Morgan fingerprint density at radius 1 is 1.17 bits per heavy atom. The van der Waals surface area contributed by atoms with Gasteiger partial charge in [-0.25, -0.2) is 17.7 Å². The van der Waals surface area contributed by atoms with Crippen molar-refractivity contribution in [2.24, 2.45) is 0 Å². The van der Waals surface area contributed by atoms with E-state index in [2.05, 4.69) is 10.4 Å². The van der Waals surface area contributed by atoms with Crippen molar-refractivity contribution in [3.05, 3.63) is 54.4 Å². The maximum Gasteiger partial charge on any atom is 0.407 e. The monoisotopic (exact) mass is 514 g/mol. The van der Waals surface area contributed by atoms with Crippen LogP contribution in [-0.2, 0) is 26.0 Å². The van der Waals surface area contributed by atoms with E-state index in [0.717, 1.165) is 0 Å². The van der Waals surface area contributed by atoms with E-state index < -0.39 is 27.7 Å².